The first-order valence-electron chi connectivity index (χ1n) is 10.9. The van der Waals surface area contributed by atoms with E-state index in [9.17, 15) is 24.8 Å². The first-order chi connectivity index (χ1) is 16.8. The van der Waals surface area contributed by atoms with E-state index in [2.05, 4.69) is 10.1 Å². The summed E-state index contributed by atoms with van der Waals surface area (Å²) in [6.07, 6.45) is -4.68. The van der Waals surface area contributed by atoms with Gasteiger partial charge in [-0.25, -0.2) is 14.1 Å². The van der Waals surface area contributed by atoms with Crippen LogP contribution in [-0.4, -0.2) is 72.5 Å². The summed E-state index contributed by atoms with van der Waals surface area (Å²) in [5.41, 5.74) is 0.390. The van der Waals surface area contributed by atoms with Crippen LogP contribution in [-0.2, 0) is 21.6 Å². The number of hydrogen-bond donors (Lipinski definition) is 4. The number of hydrogen-bond acceptors (Lipinski definition) is 9. The van der Waals surface area contributed by atoms with Crippen LogP contribution >= 0.6 is 11.6 Å². The molecule has 2 fully saturated rings. The maximum atomic E-state index is 13.6. The van der Waals surface area contributed by atoms with Gasteiger partial charge in [0.2, 0.25) is 6.29 Å². The number of rotatable bonds is 7. The normalized spacial score (nSPS) is 32.4. The molecule has 2 aromatic carbocycles. The Labute approximate surface area is 204 Å². The second-order valence-corrected chi connectivity index (χ2v) is 8.89. The van der Waals surface area contributed by atoms with Crippen LogP contribution in [0, 0.1) is 5.82 Å². The summed E-state index contributed by atoms with van der Waals surface area (Å²) >= 11 is 6.50. The molecule has 0 radical (unpaired) electrons. The van der Waals surface area contributed by atoms with Crippen molar-refractivity contribution in [3.63, 3.8) is 0 Å². The Kier molecular flexibility index (Phi) is 6.49. The van der Waals surface area contributed by atoms with Gasteiger partial charge in [-0.1, -0.05) is 23.7 Å². The maximum absolute atomic E-state index is 13.6. The molecule has 5 rings (SSSR count). The number of epoxide rings is 1. The molecule has 1 aromatic heterocycles. The minimum Gasteiger partial charge on any atom is -0.462 e. The summed E-state index contributed by atoms with van der Waals surface area (Å²) in [5, 5.41) is 44.2. The van der Waals surface area contributed by atoms with Gasteiger partial charge in [-0.05, 0) is 35.9 Å². The molecule has 3 heterocycles. The zero-order valence-corrected chi connectivity index (χ0v) is 18.9. The SMILES string of the molecule is OC[C@H]1O[C@@H](Oc2ccc(Cl)c(C3OC3(Cn3cncn3)c3ccc(F)cc3)c2)[C@H](O)[C@@H](O)[C@@H]1O. The van der Waals surface area contributed by atoms with Gasteiger partial charge in [0.15, 0.2) is 0 Å². The number of aromatic nitrogens is 3. The third kappa shape index (κ3) is 4.52. The lowest BCUT2D eigenvalue weighted by atomic mass is 9.91. The van der Waals surface area contributed by atoms with Crippen molar-refractivity contribution in [2.24, 2.45) is 0 Å². The van der Waals surface area contributed by atoms with Gasteiger partial charge >= 0.3 is 0 Å². The lowest BCUT2D eigenvalue weighted by Crippen LogP contribution is -2.60. The van der Waals surface area contributed by atoms with Crippen LogP contribution in [0.4, 0.5) is 4.39 Å². The number of ether oxygens (including phenoxy) is 3. The fourth-order valence-corrected chi connectivity index (χ4v) is 4.52. The molecule has 2 aliphatic heterocycles. The number of nitrogens with zero attached hydrogens (tertiary/aromatic N) is 3. The number of benzene rings is 2. The van der Waals surface area contributed by atoms with E-state index >= 15 is 0 Å². The fourth-order valence-electron chi connectivity index (χ4n) is 4.30. The van der Waals surface area contributed by atoms with Gasteiger partial charge < -0.3 is 34.6 Å². The van der Waals surface area contributed by atoms with Crippen molar-refractivity contribution in [2.75, 3.05) is 6.61 Å². The summed E-state index contributed by atoms with van der Waals surface area (Å²) in [6.45, 7) is -0.285. The molecule has 186 valence electrons. The van der Waals surface area contributed by atoms with E-state index in [-0.39, 0.29) is 18.1 Å². The van der Waals surface area contributed by atoms with Crippen molar-refractivity contribution >= 4 is 11.6 Å². The molecule has 7 atom stereocenters. The summed E-state index contributed by atoms with van der Waals surface area (Å²) < 4.78 is 32.5. The number of aliphatic hydroxyl groups is 4. The summed E-state index contributed by atoms with van der Waals surface area (Å²) in [7, 11) is 0. The van der Waals surface area contributed by atoms with Crippen molar-refractivity contribution in [3.05, 3.63) is 77.1 Å². The summed E-state index contributed by atoms with van der Waals surface area (Å²) in [6, 6.07) is 10.7. The predicted octanol–water partition coefficient (Wildman–Crippen LogP) is 0.916. The van der Waals surface area contributed by atoms with Crippen LogP contribution in [0.1, 0.15) is 17.2 Å². The van der Waals surface area contributed by atoms with Crippen molar-refractivity contribution in [1.82, 2.24) is 14.8 Å². The van der Waals surface area contributed by atoms with Gasteiger partial charge in [0, 0.05) is 10.6 Å². The van der Waals surface area contributed by atoms with Gasteiger partial charge in [0.1, 0.15) is 60.3 Å². The highest BCUT2D eigenvalue weighted by Crippen LogP contribution is 2.59. The first kappa shape index (κ1) is 24.1. The molecule has 2 unspecified atom stereocenters. The van der Waals surface area contributed by atoms with Crippen molar-refractivity contribution in [1.29, 1.82) is 0 Å². The second kappa shape index (κ2) is 9.43. The van der Waals surface area contributed by atoms with Crippen LogP contribution in [0.25, 0.3) is 0 Å². The fraction of sp³-hybridized carbons (Fsp3) is 0.391. The smallest absolute Gasteiger partial charge is 0.229 e. The molecule has 12 heteroatoms. The highest BCUT2D eigenvalue weighted by molar-refractivity contribution is 6.31. The molecule has 0 aliphatic carbocycles. The molecular formula is C23H23ClFN3O7. The molecule has 3 aromatic rings. The number of aliphatic hydroxyl groups excluding tert-OH is 4. The molecule has 35 heavy (non-hydrogen) atoms. The highest BCUT2D eigenvalue weighted by Gasteiger charge is 2.59. The van der Waals surface area contributed by atoms with Crippen LogP contribution in [0.2, 0.25) is 5.02 Å². The first-order valence-corrected chi connectivity index (χ1v) is 11.2. The van der Waals surface area contributed by atoms with Crippen molar-refractivity contribution in [3.8, 4) is 5.75 Å². The molecular weight excluding hydrogens is 485 g/mol. The monoisotopic (exact) mass is 507 g/mol. The minimum atomic E-state index is -1.57. The molecule has 10 nitrogen and oxygen atoms in total. The largest absolute Gasteiger partial charge is 0.462 e. The van der Waals surface area contributed by atoms with E-state index in [1.165, 1.54) is 18.5 Å². The maximum Gasteiger partial charge on any atom is 0.229 e. The molecule has 2 aliphatic rings. The van der Waals surface area contributed by atoms with E-state index in [4.69, 9.17) is 25.8 Å². The van der Waals surface area contributed by atoms with E-state index in [0.29, 0.717) is 10.6 Å². The molecule has 0 amide bonds. The van der Waals surface area contributed by atoms with E-state index in [1.807, 2.05) is 0 Å². The summed E-state index contributed by atoms with van der Waals surface area (Å²) in [5.74, 6) is -0.132. The van der Waals surface area contributed by atoms with E-state index in [0.717, 1.165) is 5.56 Å². The molecule has 0 saturated carbocycles. The Balaban J connectivity index is 1.42. The molecule has 4 N–H and O–H groups in total. The minimum absolute atomic E-state index is 0.248. The Morgan fingerprint density at radius 3 is 2.54 bits per heavy atom. The highest BCUT2D eigenvalue weighted by atomic mass is 35.5. The second-order valence-electron chi connectivity index (χ2n) is 8.49. The van der Waals surface area contributed by atoms with Crippen LogP contribution < -0.4 is 4.74 Å². The van der Waals surface area contributed by atoms with Crippen molar-refractivity contribution in [2.45, 2.75) is 49.0 Å². The third-order valence-electron chi connectivity index (χ3n) is 6.24. The van der Waals surface area contributed by atoms with Gasteiger partial charge in [0.05, 0.1) is 13.2 Å². The average Bonchev–Trinajstić information content (AvgIpc) is 3.33. The number of halogens is 2. The van der Waals surface area contributed by atoms with Gasteiger partial charge in [-0.2, -0.15) is 5.10 Å². The zero-order chi connectivity index (χ0) is 24.7. The Morgan fingerprint density at radius 1 is 1.09 bits per heavy atom. The molecule has 0 spiro atoms. The molecule has 0 bridgehead atoms. The van der Waals surface area contributed by atoms with Crippen LogP contribution in [0.5, 0.6) is 5.75 Å². The van der Waals surface area contributed by atoms with Crippen LogP contribution in [0.3, 0.4) is 0 Å². The third-order valence-corrected chi connectivity index (χ3v) is 6.59. The summed E-state index contributed by atoms with van der Waals surface area (Å²) in [4.78, 5) is 3.96. The Morgan fingerprint density at radius 2 is 1.86 bits per heavy atom. The zero-order valence-electron chi connectivity index (χ0n) is 18.2. The van der Waals surface area contributed by atoms with Gasteiger partial charge in [-0.3, -0.25) is 0 Å². The topological polar surface area (TPSA) is 143 Å². The van der Waals surface area contributed by atoms with Crippen molar-refractivity contribution < 1.29 is 39.0 Å². The van der Waals surface area contributed by atoms with Crippen LogP contribution in [0.15, 0.2) is 55.1 Å². The standard InChI is InChI=1S/C23H23ClFN3O7/c24-16-6-5-14(33-22-20(32)19(31)18(30)17(8-29)34-22)7-15(16)21-23(35-21,9-28-11-26-10-27-28)12-1-3-13(25)4-2-12/h1-7,10-11,17-22,29-32H,8-9H2/t17-,18-,19+,20-,21?,22-,23?/m1/s1. The lowest BCUT2D eigenvalue weighted by Gasteiger charge is -2.39. The van der Waals surface area contributed by atoms with Gasteiger partial charge in [0.25, 0.3) is 0 Å². The predicted molar refractivity (Wildman–Crippen MR) is 118 cm³/mol. The lowest BCUT2D eigenvalue weighted by molar-refractivity contribution is -0.277. The van der Waals surface area contributed by atoms with Gasteiger partial charge in [-0.15, -0.1) is 0 Å². The van der Waals surface area contributed by atoms with E-state index < -0.39 is 49.0 Å². The Bertz CT molecular complexity index is 1170. The average molecular weight is 508 g/mol. The quantitative estimate of drug-likeness (QED) is 0.343. The van der Waals surface area contributed by atoms with E-state index in [1.54, 1.807) is 41.3 Å². The molecule has 2 saturated heterocycles. The Hall–Kier alpha value is -2.64.